The van der Waals surface area contributed by atoms with Gasteiger partial charge in [-0.15, -0.1) is 0 Å². The van der Waals surface area contributed by atoms with Crippen LogP contribution in [0.15, 0.2) is 30.5 Å². The molecule has 0 aliphatic heterocycles. The van der Waals surface area contributed by atoms with E-state index in [4.69, 9.17) is 9.84 Å². The van der Waals surface area contributed by atoms with Crippen molar-refractivity contribution < 1.29 is 18.6 Å². The first-order chi connectivity index (χ1) is 8.61. The second-order valence-corrected chi connectivity index (χ2v) is 3.74. The monoisotopic (exact) mass is 251 g/mol. The molecular formula is C13H11F2NO2. The SMILES string of the molecule is Cc1ncccc1Oc1c(F)cc(CO)cc1F. The summed E-state index contributed by atoms with van der Waals surface area (Å²) in [7, 11) is 0. The minimum absolute atomic E-state index is 0.153. The third kappa shape index (κ3) is 2.46. The highest BCUT2D eigenvalue weighted by molar-refractivity contribution is 5.37. The number of halogens is 2. The van der Waals surface area contributed by atoms with E-state index in [1.165, 1.54) is 0 Å². The Hall–Kier alpha value is -2.01. The molecule has 94 valence electrons. The molecule has 1 aromatic carbocycles. The lowest BCUT2D eigenvalue weighted by molar-refractivity contribution is 0.279. The van der Waals surface area contributed by atoms with Gasteiger partial charge in [-0.1, -0.05) is 0 Å². The van der Waals surface area contributed by atoms with Crippen molar-refractivity contribution in [1.82, 2.24) is 4.98 Å². The van der Waals surface area contributed by atoms with Crippen LogP contribution in [0.5, 0.6) is 11.5 Å². The highest BCUT2D eigenvalue weighted by atomic mass is 19.1. The largest absolute Gasteiger partial charge is 0.449 e. The molecule has 0 aliphatic rings. The molecule has 0 amide bonds. The first kappa shape index (κ1) is 12.4. The number of nitrogens with zero attached hydrogens (tertiary/aromatic N) is 1. The molecule has 3 nitrogen and oxygen atoms in total. The van der Waals surface area contributed by atoms with Gasteiger partial charge < -0.3 is 9.84 Å². The summed E-state index contributed by atoms with van der Waals surface area (Å²) in [6, 6.07) is 5.25. The molecule has 2 aromatic rings. The lowest BCUT2D eigenvalue weighted by Gasteiger charge is -2.10. The highest BCUT2D eigenvalue weighted by Crippen LogP contribution is 2.29. The van der Waals surface area contributed by atoms with Crippen molar-refractivity contribution in [3.8, 4) is 11.5 Å². The molecule has 0 fully saturated rings. The van der Waals surface area contributed by atoms with E-state index in [9.17, 15) is 8.78 Å². The maximum Gasteiger partial charge on any atom is 0.198 e. The number of rotatable bonds is 3. The predicted molar refractivity (Wildman–Crippen MR) is 61.3 cm³/mol. The average Bonchev–Trinajstić information content (AvgIpc) is 2.35. The second-order valence-electron chi connectivity index (χ2n) is 3.74. The minimum Gasteiger partial charge on any atom is -0.449 e. The van der Waals surface area contributed by atoms with Crippen LogP contribution < -0.4 is 4.74 Å². The van der Waals surface area contributed by atoms with Crippen LogP contribution in [0, 0.1) is 18.6 Å². The third-order valence-electron chi connectivity index (χ3n) is 2.41. The molecule has 0 spiro atoms. The summed E-state index contributed by atoms with van der Waals surface area (Å²) in [6.07, 6.45) is 1.56. The Bertz CT molecular complexity index is 550. The minimum atomic E-state index is -0.859. The summed E-state index contributed by atoms with van der Waals surface area (Å²) in [4.78, 5) is 3.96. The summed E-state index contributed by atoms with van der Waals surface area (Å²) in [5.74, 6) is -1.93. The summed E-state index contributed by atoms with van der Waals surface area (Å²) in [6.45, 7) is 1.24. The highest BCUT2D eigenvalue weighted by Gasteiger charge is 2.14. The van der Waals surface area contributed by atoms with Crippen LogP contribution in [0.25, 0.3) is 0 Å². The van der Waals surface area contributed by atoms with Crippen molar-refractivity contribution >= 4 is 0 Å². The van der Waals surface area contributed by atoms with Crippen LogP contribution in [-0.4, -0.2) is 10.1 Å². The number of aliphatic hydroxyl groups excluding tert-OH is 1. The fraction of sp³-hybridized carbons (Fsp3) is 0.154. The number of aromatic nitrogens is 1. The number of aryl methyl sites for hydroxylation is 1. The summed E-state index contributed by atoms with van der Waals surface area (Å²) < 4.78 is 32.4. The van der Waals surface area contributed by atoms with Crippen LogP contribution in [0.1, 0.15) is 11.3 Å². The fourth-order valence-corrected chi connectivity index (χ4v) is 1.49. The number of hydrogen-bond acceptors (Lipinski definition) is 3. The van der Waals surface area contributed by atoms with E-state index in [0.717, 1.165) is 12.1 Å². The summed E-state index contributed by atoms with van der Waals surface area (Å²) in [5, 5.41) is 8.83. The second kappa shape index (κ2) is 5.10. The molecule has 5 heteroatoms. The van der Waals surface area contributed by atoms with E-state index in [1.807, 2.05) is 0 Å². The molecule has 0 unspecified atom stereocenters. The number of hydrogen-bond donors (Lipinski definition) is 1. The normalized spacial score (nSPS) is 10.4. The maximum absolute atomic E-state index is 13.6. The molecule has 0 saturated heterocycles. The van der Waals surface area contributed by atoms with Gasteiger partial charge in [0.15, 0.2) is 17.4 Å². The van der Waals surface area contributed by atoms with E-state index >= 15 is 0 Å². The molecule has 0 aliphatic carbocycles. The van der Waals surface area contributed by atoms with E-state index < -0.39 is 24.0 Å². The maximum atomic E-state index is 13.6. The van der Waals surface area contributed by atoms with Gasteiger partial charge in [0.2, 0.25) is 0 Å². The van der Waals surface area contributed by atoms with Crippen molar-refractivity contribution in [2.45, 2.75) is 13.5 Å². The molecule has 0 saturated carbocycles. The zero-order chi connectivity index (χ0) is 13.1. The van der Waals surface area contributed by atoms with Crippen LogP contribution in [0.2, 0.25) is 0 Å². The van der Waals surface area contributed by atoms with Crippen molar-refractivity contribution in [1.29, 1.82) is 0 Å². The lowest BCUT2D eigenvalue weighted by Crippen LogP contribution is -1.97. The van der Waals surface area contributed by atoms with Gasteiger partial charge in [0.25, 0.3) is 0 Å². The van der Waals surface area contributed by atoms with E-state index in [1.54, 1.807) is 25.3 Å². The smallest absolute Gasteiger partial charge is 0.198 e. The van der Waals surface area contributed by atoms with Gasteiger partial charge in [0.1, 0.15) is 5.75 Å². The van der Waals surface area contributed by atoms with Gasteiger partial charge in [-0.25, -0.2) is 8.78 Å². The quantitative estimate of drug-likeness (QED) is 0.911. The zero-order valence-corrected chi connectivity index (χ0v) is 9.65. The molecule has 0 bridgehead atoms. The van der Waals surface area contributed by atoms with Crippen LogP contribution in [-0.2, 0) is 6.61 Å². The molecule has 0 atom stereocenters. The van der Waals surface area contributed by atoms with Gasteiger partial charge in [-0.2, -0.15) is 0 Å². The topological polar surface area (TPSA) is 42.4 Å². The standard InChI is InChI=1S/C13H11F2NO2/c1-8-12(3-2-4-16-8)18-13-10(14)5-9(7-17)6-11(13)15/h2-6,17H,7H2,1H3. The Morgan fingerprint density at radius 2 is 1.94 bits per heavy atom. The van der Waals surface area contributed by atoms with E-state index in [0.29, 0.717) is 5.69 Å². The Balaban J connectivity index is 2.38. The van der Waals surface area contributed by atoms with Gasteiger partial charge in [-0.05, 0) is 36.8 Å². The van der Waals surface area contributed by atoms with Crippen molar-refractivity contribution in [3.05, 3.63) is 53.4 Å². The van der Waals surface area contributed by atoms with Gasteiger partial charge in [-0.3, -0.25) is 4.98 Å². The molecule has 1 heterocycles. The lowest BCUT2D eigenvalue weighted by atomic mass is 10.2. The Kier molecular flexibility index (Phi) is 3.53. The van der Waals surface area contributed by atoms with Gasteiger partial charge >= 0.3 is 0 Å². The number of aliphatic hydroxyl groups is 1. The van der Waals surface area contributed by atoms with Crippen LogP contribution >= 0.6 is 0 Å². The molecule has 0 radical (unpaired) electrons. The third-order valence-corrected chi connectivity index (χ3v) is 2.41. The molecule has 18 heavy (non-hydrogen) atoms. The molecule has 1 N–H and O–H groups in total. The van der Waals surface area contributed by atoms with Crippen LogP contribution in [0.4, 0.5) is 8.78 Å². The molecule has 1 aromatic heterocycles. The van der Waals surface area contributed by atoms with Crippen molar-refractivity contribution in [3.63, 3.8) is 0 Å². The van der Waals surface area contributed by atoms with E-state index in [-0.39, 0.29) is 11.3 Å². The van der Waals surface area contributed by atoms with E-state index in [2.05, 4.69) is 4.98 Å². The molecule has 2 rings (SSSR count). The number of pyridine rings is 1. The zero-order valence-electron chi connectivity index (χ0n) is 9.65. The number of benzene rings is 1. The van der Waals surface area contributed by atoms with Crippen molar-refractivity contribution in [2.24, 2.45) is 0 Å². The first-order valence-corrected chi connectivity index (χ1v) is 5.30. The Labute approximate surface area is 103 Å². The molecular weight excluding hydrogens is 240 g/mol. The Morgan fingerprint density at radius 3 is 2.50 bits per heavy atom. The fourth-order valence-electron chi connectivity index (χ4n) is 1.49. The average molecular weight is 251 g/mol. The number of ether oxygens (including phenoxy) is 1. The van der Waals surface area contributed by atoms with Gasteiger partial charge in [0, 0.05) is 6.20 Å². The summed E-state index contributed by atoms with van der Waals surface area (Å²) >= 11 is 0. The van der Waals surface area contributed by atoms with Crippen LogP contribution in [0.3, 0.4) is 0 Å². The summed E-state index contributed by atoms with van der Waals surface area (Å²) in [5.41, 5.74) is 0.683. The van der Waals surface area contributed by atoms with Gasteiger partial charge in [0.05, 0.1) is 12.3 Å². The van der Waals surface area contributed by atoms with Crippen molar-refractivity contribution in [2.75, 3.05) is 0 Å². The first-order valence-electron chi connectivity index (χ1n) is 5.30. The Morgan fingerprint density at radius 1 is 1.28 bits per heavy atom. The predicted octanol–water partition coefficient (Wildman–Crippen LogP) is 2.95.